The van der Waals surface area contributed by atoms with Gasteiger partial charge in [-0.1, -0.05) is 0 Å². The van der Waals surface area contributed by atoms with E-state index in [-0.39, 0.29) is 12.0 Å². The number of anilines is 1. The molecule has 1 aromatic rings. The standard InChI is InChI=1S/C17H26N2O4/c1-19(11-14-6-4-5-9-23-14)12-17(20)18-15-10-13(21-2)7-8-16(15)22-3/h7-8,10,14H,4-6,9,11-12H2,1-3H3,(H,18,20). The van der Waals surface area contributed by atoms with Crippen LogP contribution >= 0.6 is 0 Å². The van der Waals surface area contributed by atoms with Crippen LogP contribution in [-0.2, 0) is 9.53 Å². The van der Waals surface area contributed by atoms with Crippen molar-refractivity contribution in [3.63, 3.8) is 0 Å². The lowest BCUT2D eigenvalue weighted by molar-refractivity contribution is -0.117. The number of methoxy groups -OCH3 is 2. The number of ether oxygens (including phenoxy) is 3. The molecule has 1 saturated heterocycles. The third-order valence-corrected chi connectivity index (χ3v) is 3.88. The Hall–Kier alpha value is -1.79. The number of hydrogen-bond acceptors (Lipinski definition) is 5. The first-order valence-electron chi connectivity index (χ1n) is 7.94. The van der Waals surface area contributed by atoms with Crippen LogP contribution < -0.4 is 14.8 Å². The lowest BCUT2D eigenvalue weighted by Gasteiger charge is -2.27. The molecular formula is C17H26N2O4. The fourth-order valence-corrected chi connectivity index (χ4v) is 2.71. The summed E-state index contributed by atoms with van der Waals surface area (Å²) < 4.78 is 16.2. The monoisotopic (exact) mass is 322 g/mol. The second-order valence-electron chi connectivity index (χ2n) is 5.80. The first-order chi connectivity index (χ1) is 11.1. The van der Waals surface area contributed by atoms with Crippen molar-refractivity contribution in [3.8, 4) is 11.5 Å². The minimum Gasteiger partial charge on any atom is -0.497 e. The average Bonchev–Trinajstić information content (AvgIpc) is 2.55. The molecule has 0 aliphatic carbocycles. The Labute approximate surface area is 137 Å². The molecule has 0 bridgehead atoms. The maximum atomic E-state index is 12.2. The third-order valence-electron chi connectivity index (χ3n) is 3.88. The summed E-state index contributed by atoms with van der Waals surface area (Å²) in [6, 6.07) is 5.32. The first kappa shape index (κ1) is 17.6. The van der Waals surface area contributed by atoms with E-state index in [1.54, 1.807) is 32.4 Å². The fourth-order valence-electron chi connectivity index (χ4n) is 2.71. The number of likely N-dealkylation sites (N-methyl/N-ethyl adjacent to an activating group) is 1. The fraction of sp³-hybridized carbons (Fsp3) is 0.588. The third kappa shape index (κ3) is 5.41. The highest BCUT2D eigenvalue weighted by atomic mass is 16.5. The van der Waals surface area contributed by atoms with Crippen LogP contribution in [-0.4, -0.2) is 57.9 Å². The molecule has 1 N–H and O–H groups in total. The Kier molecular flexibility index (Phi) is 6.67. The van der Waals surface area contributed by atoms with Gasteiger partial charge in [0, 0.05) is 19.2 Å². The van der Waals surface area contributed by atoms with Gasteiger partial charge in [-0.3, -0.25) is 9.69 Å². The molecule has 6 heteroatoms. The zero-order valence-corrected chi connectivity index (χ0v) is 14.1. The van der Waals surface area contributed by atoms with Crippen LogP contribution in [0.2, 0.25) is 0 Å². The predicted octanol–water partition coefficient (Wildman–Crippen LogP) is 2.14. The van der Waals surface area contributed by atoms with Gasteiger partial charge in [0.15, 0.2) is 0 Å². The molecular weight excluding hydrogens is 296 g/mol. The molecule has 1 heterocycles. The summed E-state index contributed by atoms with van der Waals surface area (Å²) in [4.78, 5) is 14.2. The molecule has 0 aromatic heterocycles. The number of nitrogens with one attached hydrogen (secondary N) is 1. The molecule has 0 radical (unpaired) electrons. The SMILES string of the molecule is COc1ccc(OC)c(NC(=O)CN(C)CC2CCCCO2)c1. The van der Waals surface area contributed by atoms with Crippen LogP contribution in [0.1, 0.15) is 19.3 Å². The highest BCUT2D eigenvalue weighted by Gasteiger charge is 2.18. The van der Waals surface area contributed by atoms with E-state index in [9.17, 15) is 4.79 Å². The maximum Gasteiger partial charge on any atom is 0.238 e. The molecule has 2 rings (SSSR count). The molecule has 1 aromatic carbocycles. The number of benzene rings is 1. The van der Waals surface area contributed by atoms with Crippen molar-refractivity contribution in [2.45, 2.75) is 25.4 Å². The van der Waals surface area contributed by atoms with Crippen molar-refractivity contribution in [1.82, 2.24) is 4.90 Å². The second kappa shape index (κ2) is 8.74. The van der Waals surface area contributed by atoms with Gasteiger partial charge >= 0.3 is 0 Å². The molecule has 1 aliphatic rings. The number of carbonyl (C=O) groups is 1. The van der Waals surface area contributed by atoms with Gasteiger partial charge in [-0.05, 0) is 38.4 Å². The van der Waals surface area contributed by atoms with Crippen molar-refractivity contribution in [2.75, 3.05) is 46.3 Å². The van der Waals surface area contributed by atoms with Crippen LogP contribution in [0.4, 0.5) is 5.69 Å². The molecule has 1 amide bonds. The molecule has 128 valence electrons. The lowest BCUT2D eigenvalue weighted by atomic mass is 10.1. The summed E-state index contributed by atoms with van der Waals surface area (Å²) in [5.74, 6) is 1.19. The summed E-state index contributed by atoms with van der Waals surface area (Å²) >= 11 is 0. The Morgan fingerprint density at radius 1 is 1.35 bits per heavy atom. The quantitative estimate of drug-likeness (QED) is 0.833. The summed E-state index contributed by atoms with van der Waals surface area (Å²) in [6.45, 7) is 1.90. The highest BCUT2D eigenvalue weighted by molar-refractivity contribution is 5.93. The van der Waals surface area contributed by atoms with Gasteiger partial charge in [-0.15, -0.1) is 0 Å². The summed E-state index contributed by atoms with van der Waals surface area (Å²) in [6.07, 6.45) is 3.63. The van der Waals surface area contributed by atoms with Crippen molar-refractivity contribution >= 4 is 11.6 Å². The Morgan fingerprint density at radius 2 is 2.17 bits per heavy atom. The van der Waals surface area contributed by atoms with Gasteiger partial charge in [0.1, 0.15) is 11.5 Å². The van der Waals surface area contributed by atoms with Gasteiger partial charge in [0.05, 0.1) is 32.6 Å². The maximum absolute atomic E-state index is 12.2. The molecule has 1 atom stereocenters. The van der Waals surface area contributed by atoms with E-state index in [0.717, 1.165) is 26.0 Å². The minimum atomic E-state index is -0.0881. The van der Waals surface area contributed by atoms with E-state index < -0.39 is 0 Å². The van der Waals surface area contributed by atoms with Crippen LogP contribution in [0.3, 0.4) is 0 Å². The number of hydrogen-bond donors (Lipinski definition) is 1. The van der Waals surface area contributed by atoms with E-state index in [4.69, 9.17) is 14.2 Å². The van der Waals surface area contributed by atoms with Crippen molar-refractivity contribution in [2.24, 2.45) is 0 Å². The molecule has 0 saturated carbocycles. The Bertz CT molecular complexity index is 515. The highest BCUT2D eigenvalue weighted by Crippen LogP contribution is 2.28. The first-order valence-corrected chi connectivity index (χ1v) is 7.94. The van der Waals surface area contributed by atoms with E-state index in [0.29, 0.717) is 23.7 Å². The normalized spacial score (nSPS) is 17.8. The average molecular weight is 322 g/mol. The Morgan fingerprint density at radius 3 is 2.83 bits per heavy atom. The van der Waals surface area contributed by atoms with E-state index >= 15 is 0 Å². The smallest absolute Gasteiger partial charge is 0.238 e. The van der Waals surface area contributed by atoms with Gasteiger partial charge in [0.2, 0.25) is 5.91 Å². The van der Waals surface area contributed by atoms with Gasteiger partial charge in [0.25, 0.3) is 0 Å². The molecule has 0 spiro atoms. The van der Waals surface area contributed by atoms with Gasteiger partial charge < -0.3 is 19.5 Å². The van der Waals surface area contributed by atoms with Gasteiger partial charge in [-0.2, -0.15) is 0 Å². The van der Waals surface area contributed by atoms with Crippen LogP contribution in [0, 0.1) is 0 Å². The number of nitrogens with zero attached hydrogens (tertiary/aromatic N) is 1. The number of amides is 1. The zero-order chi connectivity index (χ0) is 16.7. The van der Waals surface area contributed by atoms with Crippen LogP contribution in [0.5, 0.6) is 11.5 Å². The Balaban J connectivity index is 1.88. The van der Waals surface area contributed by atoms with E-state index in [1.165, 1.54) is 6.42 Å². The summed E-state index contributed by atoms with van der Waals surface area (Å²) in [7, 11) is 5.09. The molecule has 23 heavy (non-hydrogen) atoms. The van der Waals surface area contributed by atoms with E-state index in [1.807, 2.05) is 11.9 Å². The van der Waals surface area contributed by atoms with Crippen molar-refractivity contribution < 1.29 is 19.0 Å². The van der Waals surface area contributed by atoms with Crippen LogP contribution in [0.15, 0.2) is 18.2 Å². The predicted molar refractivity (Wildman–Crippen MR) is 89.3 cm³/mol. The second-order valence-corrected chi connectivity index (χ2v) is 5.80. The number of rotatable bonds is 7. The van der Waals surface area contributed by atoms with E-state index in [2.05, 4.69) is 5.32 Å². The topological polar surface area (TPSA) is 60.0 Å². The lowest BCUT2D eigenvalue weighted by Crippen LogP contribution is -2.37. The molecule has 1 unspecified atom stereocenters. The minimum absolute atomic E-state index is 0.0881. The molecule has 1 aliphatic heterocycles. The molecule has 6 nitrogen and oxygen atoms in total. The zero-order valence-electron chi connectivity index (χ0n) is 14.1. The van der Waals surface area contributed by atoms with Crippen molar-refractivity contribution in [1.29, 1.82) is 0 Å². The van der Waals surface area contributed by atoms with Gasteiger partial charge in [-0.25, -0.2) is 0 Å². The molecule has 1 fully saturated rings. The summed E-state index contributed by atoms with van der Waals surface area (Å²) in [5, 5.41) is 2.88. The van der Waals surface area contributed by atoms with Crippen LogP contribution in [0.25, 0.3) is 0 Å². The largest absolute Gasteiger partial charge is 0.497 e. The number of carbonyl (C=O) groups excluding carboxylic acids is 1. The van der Waals surface area contributed by atoms with Crippen molar-refractivity contribution in [3.05, 3.63) is 18.2 Å². The summed E-state index contributed by atoms with van der Waals surface area (Å²) in [5.41, 5.74) is 0.610.